The van der Waals surface area contributed by atoms with Crippen LogP contribution >= 0.6 is 0 Å². The molecule has 0 spiro atoms. The predicted molar refractivity (Wildman–Crippen MR) is 75.6 cm³/mol. The quantitative estimate of drug-likeness (QED) is 0.383. The fourth-order valence-electron chi connectivity index (χ4n) is 2.65. The van der Waals surface area contributed by atoms with Gasteiger partial charge in [-0.2, -0.15) is 0 Å². The number of ether oxygens (including phenoxy) is 1. The van der Waals surface area contributed by atoms with Crippen LogP contribution in [-0.2, 0) is 9.53 Å². The molecular weight excluding hydrogens is 224 g/mol. The summed E-state index contributed by atoms with van der Waals surface area (Å²) in [6, 6.07) is 0. The third kappa shape index (κ3) is 7.73. The summed E-state index contributed by atoms with van der Waals surface area (Å²) in [6.45, 7) is 2.27. The van der Waals surface area contributed by atoms with Crippen molar-refractivity contribution in [3.05, 3.63) is 0 Å². The standard InChI is InChI=1S/C16H30O2/c1-2-3-4-5-6-7-8-9-10-11-12-15-13-14-16(17)18-15/h15H,2-14H2,1H3. The van der Waals surface area contributed by atoms with E-state index in [0.717, 1.165) is 12.8 Å². The smallest absolute Gasteiger partial charge is 0.306 e. The predicted octanol–water partition coefficient (Wildman–Crippen LogP) is 5.00. The number of carbonyl (C=O) groups is 1. The van der Waals surface area contributed by atoms with Crippen LogP contribution in [0.15, 0.2) is 0 Å². The van der Waals surface area contributed by atoms with E-state index in [1.165, 1.54) is 64.2 Å². The molecule has 1 unspecified atom stereocenters. The minimum atomic E-state index is 0.00655. The summed E-state index contributed by atoms with van der Waals surface area (Å²) in [4.78, 5) is 10.9. The SMILES string of the molecule is CCCCCCCCCCCCC1CCC(=O)O1. The molecule has 0 aliphatic carbocycles. The summed E-state index contributed by atoms with van der Waals surface area (Å²) in [5, 5.41) is 0. The summed E-state index contributed by atoms with van der Waals surface area (Å²) in [7, 11) is 0. The molecule has 18 heavy (non-hydrogen) atoms. The molecule has 1 saturated heterocycles. The topological polar surface area (TPSA) is 26.3 Å². The Bertz CT molecular complexity index is 213. The highest BCUT2D eigenvalue weighted by Crippen LogP contribution is 2.20. The summed E-state index contributed by atoms with van der Waals surface area (Å²) in [5.41, 5.74) is 0. The van der Waals surface area contributed by atoms with Crippen molar-refractivity contribution < 1.29 is 9.53 Å². The van der Waals surface area contributed by atoms with Crippen molar-refractivity contribution in [3.8, 4) is 0 Å². The van der Waals surface area contributed by atoms with Crippen molar-refractivity contribution in [1.82, 2.24) is 0 Å². The monoisotopic (exact) mass is 254 g/mol. The second-order valence-corrected chi connectivity index (χ2v) is 5.62. The van der Waals surface area contributed by atoms with Crippen molar-refractivity contribution in [2.75, 3.05) is 0 Å². The highest BCUT2D eigenvalue weighted by atomic mass is 16.5. The average Bonchev–Trinajstić information content (AvgIpc) is 2.77. The van der Waals surface area contributed by atoms with Gasteiger partial charge in [0.25, 0.3) is 0 Å². The van der Waals surface area contributed by atoms with Crippen molar-refractivity contribution in [2.45, 2.75) is 96.5 Å². The van der Waals surface area contributed by atoms with Gasteiger partial charge in [-0.05, 0) is 19.3 Å². The van der Waals surface area contributed by atoms with Gasteiger partial charge in [-0.3, -0.25) is 4.79 Å². The Kier molecular flexibility index (Phi) is 8.97. The van der Waals surface area contributed by atoms with Gasteiger partial charge in [0.15, 0.2) is 0 Å². The maximum atomic E-state index is 10.9. The second-order valence-electron chi connectivity index (χ2n) is 5.62. The summed E-state index contributed by atoms with van der Waals surface area (Å²) in [5.74, 6) is 0.00655. The fourth-order valence-corrected chi connectivity index (χ4v) is 2.65. The Labute approximate surface area is 112 Å². The summed E-state index contributed by atoms with van der Waals surface area (Å²) >= 11 is 0. The van der Waals surface area contributed by atoms with Gasteiger partial charge in [-0.25, -0.2) is 0 Å². The first-order valence-corrected chi connectivity index (χ1v) is 8.02. The molecule has 1 heterocycles. The normalized spacial score (nSPS) is 19.2. The average molecular weight is 254 g/mol. The maximum Gasteiger partial charge on any atom is 0.306 e. The molecule has 0 N–H and O–H groups in total. The molecular formula is C16H30O2. The van der Waals surface area contributed by atoms with Gasteiger partial charge in [-0.1, -0.05) is 64.7 Å². The van der Waals surface area contributed by atoms with Crippen LogP contribution in [0.4, 0.5) is 0 Å². The number of cyclic esters (lactones) is 1. The molecule has 0 bridgehead atoms. The van der Waals surface area contributed by atoms with Gasteiger partial charge in [0, 0.05) is 6.42 Å². The molecule has 0 radical (unpaired) electrons. The second kappa shape index (κ2) is 10.4. The minimum absolute atomic E-state index is 0.00655. The zero-order valence-electron chi connectivity index (χ0n) is 12.1. The summed E-state index contributed by atoms with van der Waals surface area (Å²) in [6.07, 6.45) is 16.6. The number of unbranched alkanes of at least 4 members (excludes halogenated alkanes) is 9. The van der Waals surface area contributed by atoms with Gasteiger partial charge < -0.3 is 4.74 Å². The van der Waals surface area contributed by atoms with E-state index < -0.39 is 0 Å². The van der Waals surface area contributed by atoms with Gasteiger partial charge in [0.05, 0.1) is 0 Å². The number of rotatable bonds is 11. The van der Waals surface area contributed by atoms with Crippen molar-refractivity contribution in [1.29, 1.82) is 0 Å². The van der Waals surface area contributed by atoms with Crippen molar-refractivity contribution in [2.24, 2.45) is 0 Å². The Morgan fingerprint density at radius 3 is 2.00 bits per heavy atom. The third-order valence-electron chi connectivity index (χ3n) is 3.85. The Morgan fingerprint density at radius 2 is 1.50 bits per heavy atom. The Morgan fingerprint density at radius 1 is 0.944 bits per heavy atom. The molecule has 0 aromatic heterocycles. The van der Waals surface area contributed by atoms with Crippen LogP contribution in [0.3, 0.4) is 0 Å². The number of carbonyl (C=O) groups excluding carboxylic acids is 1. The third-order valence-corrected chi connectivity index (χ3v) is 3.85. The van der Waals surface area contributed by atoms with Crippen LogP contribution in [0.2, 0.25) is 0 Å². The lowest BCUT2D eigenvalue weighted by Crippen LogP contribution is -2.06. The van der Waals surface area contributed by atoms with Gasteiger partial charge in [-0.15, -0.1) is 0 Å². The lowest BCUT2D eigenvalue weighted by atomic mass is 10.0. The first kappa shape index (κ1) is 15.5. The highest BCUT2D eigenvalue weighted by Gasteiger charge is 2.22. The minimum Gasteiger partial charge on any atom is -0.462 e. The first-order chi connectivity index (χ1) is 8.83. The van der Waals surface area contributed by atoms with Gasteiger partial charge in [0.1, 0.15) is 6.10 Å². The van der Waals surface area contributed by atoms with E-state index in [1.807, 2.05) is 0 Å². The van der Waals surface area contributed by atoms with E-state index in [1.54, 1.807) is 0 Å². The van der Waals surface area contributed by atoms with E-state index in [0.29, 0.717) is 6.42 Å². The molecule has 1 fully saturated rings. The van der Waals surface area contributed by atoms with Crippen LogP contribution in [0.25, 0.3) is 0 Å². The van der Waals surface area contributed by atoms with E-state index in [-0.39, 0.29) is 12.1 Å². The van der Waals surface area contributed by atoms with Crippen LogP contribution in [-0.4, -0.2) is 12.1 Å². The largest absolute Gasteiger partial charge is 0.462 e. The van der Waals surface area contributed by atoms with Gasteiger partial charge >= 0.3 is 5.97 Å². The van der Waals surface area contributed by atoms with E-state index in [2.05, 4.69) is 6.92 Å². The molecule has 1 atom stereocenters. The molecule has 2 nitrogen and oxygen atoms in total. The zero-order valence-corrected chi connectivity index (χ0v) is 12.1. The molecule has 0 aromatic rings. The van der Waals surface area contributed by atoms with Crippen molar-refractivity contribution in [3.63, 3.8) is 0 Å². The van der Waals surface area contributed by atoms with E-state index in [9.17, 15) is 4.79 Å². The molecule has 2 heteroatoms. The fraction of sp³-hybridized carbons (Fsp3) is 0.938. The molecule has 1 aliphatic heterocycles. The Balaban J connectivity index is 1.75. The van der Waals surface area contributed by atoms with Crippen LogP contribution in [0.1, 0.15) is 90.4 Å². The van der Waals surface area contributed by atoms with Crippen LogP contribution < -0.4 is 0 Å². The van der Waals surface area contributed by atoms with E-state index >= 15 is 0 Å². The molecule has 106 valence electrons. The van der Waals surface area contributed by atoms with Crippen LogP contribution in [0.5, 0.6) is 0 Å². The van der Waals surface area contributed by atoms with Crippen LogP contribution in [0, 0.1) is 0 Å². The molecule has 0 saturated carbocycles. The van der Waals surface area contributed by atoms with E-state index in [4.69, 9.17) is 4.74 Å². The molecule has 0 aromatic carbocycles. The summed E-state index contributed by atoms with van der Waals surface area (Å²) < 4.78 is 5.20. The Hall–Kier alpha value is -0.530. The zero-order chi connectivity index (χ0) is 13.1. The number of hydrogen-bond acceptors (Lipinski definition) is 2. The molecule has 0 amide bonds. The highest BCUT2D eigenvalue weighted by molar-refractivity contribution is 5.71. The van der Waals surface area contributed by atoms with Crippen molar-refractivity contribution >= 4 is 5.97 Å². The van der Waals surface area contributed by atoms with Gasteiger partial charge in [0.2, 0.25) is 0 Å². The molecule has 1 aliphatic rings. The number of hydrogen-bond donors (Lipinski definition) is 0. The lowest BCUT2D eigenvalue weighted by Gasteiger charge is -2.08. The maximum absolute atomic E-state index is 10.9. The lowest BCUT2D eigenvalue weighted by molar-refractivity contribution is -0.141. The number of esters is 1. The molecule has 1 rings (SSSR count). The first-order valence-electron chi connectivity index (χ1n) is 8.02.